The average Bonchev–Trinajstić information content (AvgIpc) is 2.97. The molecule has 0 aromatic carbocycles. The van der Waals surface area contributed by atoms with E-state index in [2.05, 4.69) is 30.2 Å². The Bertz CT molecular complexity index is 1170. The first-order valence-electron chi connectivity index (χ1n) is 11.3. The molecule has 2 unspecified atom stereocenters. The fraction of sp³-hybridized carbons (Fsp3) is 0.458. The Balaban J connectivity index is 1.66. The van der Waals surface area contributed by atoms with Crippen LogP contribution in [0.15, 0.2) is 50.9 Å². The minimum Gasteiger partial charge on any atom is -0.358 e. The number of allylic oxidation sites excluding steroid dienone is 2. The van der Waals surface area contributed by atoms with Crippen LogP contribution in [0.3, 0.4) is 0 Å². The summed E-state index contributed by atoms with van der Waals surface area (Å²) < 4.78 is 41.3. The molecule has 35 heavy (non-hydrogen) atoms. The van der Waals surface area contributed by atoms with E-state index in [0.29, 0.717) is 17.2 Å². The van der Waals surface area contributed by atoms with Crippen LogP contribution in [-0.4, -0.2) is 79.6 Å². The second-order valence-electron chi connectivity index (χ2n) is 9.07. The predicted molar refractivity (Wildman–Crippen MR) is 132 cm³/mol. The summed E-state index contributed by atoms with van der Waals surface area (Å²) in [6.07, 6.45) is 0.969. The standard InChI is InChI=1S/C24H28F3N7O/c1-15-18(9-11-21(30-15)34(4)13-12-33(2)3)31-20-7-5-6-16-19(35)10-8-17-22(24(25,26)27)28-14-29-23(16,17)32-20/h5,7-9,11,14,16H,6,10,12-13H2,1-4H3,(H,31,32). The van der Waals surface area contributed by atoms with Crippen molar-refractivity contribution < 1.29 is 18.0 Å². The molecule has 2 atom stereocenters. The van der Waals surface area contributed by atoms with E-state index in [1.165, 1.54) is 6.08 Å². The number of aromatic nitrogens is 1. The lowest BCUT2D eigenvalue weighted by atomic mass is 9.74. The number of likely N-dealkylation sites (N-methyl/N-ethyl adjacent to an activating group) is 2. The van der Waals surface area contributed by atoms with Crippen molar-refractivity contribution in [3.63, 3.8) is 0 Å². The number of nitrogens with zero attached hydrogens (tertiary/aromatic N) is 6. The second kappa shape index (κ2) is 9.37. The molecule has 1 aliphatic carbocycles. The van der Waals surface area contributed by atoms with Gasteiger partial charge in [0, 0.05) is 32.1 Å². The maximum Gasteiger partial charge on any atom is 0.433 e. The number of amidine groups is 1. The molecule has 0 fully saturated rings. The highest BCUT2D eigenvalue weighted by molar-refractivity contribution is 6.14. The molecule has 1 aromatic heterocycles. The van der Waals surface area contributed by atoms with E-state index < -0.39 is 23.5 Å². The van der Waals surface area contributed by atoms with E-state index in [4.69, 9.17) is 0 Å². The van der Waals surface area contributed by atoms with Gasteiger partial charge in [-0.25, -0.2) is 20.0 Å². The van der Waals surface area contributed by atoms with Gasteiger partial charge in [-0.3, -0.25) is 4.79 Å². The third-order valence-corrected chi connectivity index (χ3v) is 6.29. The number of rotatable bonds is 5. The van der Waals surface area contributed by atoms with Gasteiger partial charge in [0.1, 0.15) is 23.8 Å². The number of Topliss-reactive ketones (excluding diaryl/α,β-unsaturated/α-hetero) is 1. The van der Waals surface area contributed by atoms with Gasteiger partial charge >= 0.3 is 6.18 Å². The molecule has 0 amide bonds. The van der Waals surface area contributed by atoms with Gasteiger partial charge < -0.3 is 15.1 Å². The Morgan fingerprint density at radius 2 is 1.97 bits per heavy atom. The van der Waals surface area contributed by atoms with Crippen molar-refractivity contribution in [3.8, 4) is 0 Å². The van der Waals surface area contributed by atoms with E-state index in [1.54, 1.807) is 12.2 Å². The van der Waals surface area contributed by atoms with E-state index >= 15 is 0 Å². The fourth-order valence-electron chi connectivity index (χ4n) is 4.37. The topological polar surface area (TPSA) is 85.6 Å². The van der Waals surface area contributed by atoms with Crippen LogP contribution in [0.4, 0.5) is 24.7 Å². The maximum absolute atomic E-state index is 13.8. The van der Waals surface area contributed by atoms with Crippen LogP contribution >= 0.6 is 0 Å². The van der Waals surface area contributed by atoms with Crippen LogP contribution in [0.25, 0.3) is 0 Å². The number of hydrogen-bond donors (Lipinski definition) is 1. The number of aliphatic imine (C=N–C) groups is 3. The molecule has 0 saturated heterocycles. The summed E-state index contributed by atoms with van der Waals surface area (Å²) in [6, 6.07) is 3.73. The summed E-state index contributed by atoms with van der Waals surface area (Å²) in [6.45, 7) is 3.52. The number of nitrogens with one attached hydrogen (secondary N) is 1. The molecule has 2 aliphatic heterocycles. The van der Waals surface area contributed by atoms with Crippen molar-refractivity contribution >= 4 is 35.2 Å². The lowest BCUT2D eigenvalue weighted by molar-refractivity contribution is -0.124. The highest BCUT2D eigenvalue weighted by Gasteiger charge is 2.55. The quantitative estimate of drug-likeness (QED) is 0.688. The molecule has 3 heterocycles. The Labute approximate surface area is 202 Å². The number of halogens is 3. The summed E-state index contributed by atoms with van der Waals surface area (Å²) in [5.74, 6) is 0.0613. The lowest BCUT2D eigenvalue weighted by Crippen LogP contribution is -2.50. The third kappa shape index (κ3) is 4.90. The number of pyridine rings is 1. The van der Waals surface area contributed by atoms with Gasteiger partial charge in [-0.2, -0.15) is 13.2 Å². The van der Waals surface area contributed by atoms with Crippen LogP contribution < -0.4 is 10.2 Å². The number of alkyl halides is 3. The minimum atomic E-state index is -4.69. The van der Waals surface area contributed by atoms with Crippen molar-refractivity contribution in [1.82, 2.24) is 9.88 Å². The molecule has 1 N–H and O–H groups in total. The SMILES string of the molecule is Cc1nc(N(C)CCN(C)C)ccc1NC1=NC23N=CN=C(C(F)(F)F)C2=CCC(=O)C3CC=C1. The molecule has 0 bridgehead atoms. The average molecular weight is 488 g/mol. The molecule has 8 nitrogen and oxygen atoms in total. The first-order chi connectivity index (χ1) is 16.5. The first-order valence-corrected chi connectivity index (χ1v) is 11.3. The molecule has 1 spiro atoms. The van der Waals surface area contributed by atoms with E-state index in [1.807, 2.05) is 45.1 Å². The first kappa shape index (κ1) is 24.8. The maximum atomic E-state index is 13.8. The van der Waals surface area contributed by atoms with Crippen LogP contribution in [-0.2, 0) is 4.79 Å². The van der Waals surface area contributed by atoms with Crippen molar-refractivity contribution in [2.24, 2.45) is 20.9 Å². The Kier molecular flexibility index (Phi) is 6.63. The van der Waals surface area contributed by atoms with E-state index in [-0.39, 0.29) is 24.2 Å². The monoisotopic (exact) mass is 487 g/mol. The van der Waals surface area contributed by atoms with Gasteiger partial charge in [-0.05, 0) is 45.6 Å². The van der Waals surface area contributed by atoms with E-state index in [0.717, 1.165) is 25.2 Å². The summed E-state index contributed by atoms with van der Waals surface area (Å²) in [5.41, 5.74) is -1.58. The summed E-state index contributed by atoms with van der Waals surface area (Å²) in [7, 11) is 5.97. The summed E-state index contributed by atoms with van der Waals surface area (Å²) in [5, 5.41) is 3.18. The lowest BCUT2D eigenvalue weighted by Gasteiger charge is -2.39. The number of carbonyl (C=O) groups is 1. The van der Waals surface area contributed by atoms with Gasteiger partial charge in [-0.15, -0.1) is 0 Å². The normalized spacial score (nSPS) is 23.7. The van der Waals surface area contributed by atoms with Gasteiger partial charge in [-0.1, -0.05) is 12.2 Å². The third-order valence-electron chi connectivity index (χ3n) is 6.29. The van der Waals surface area contributed by atoms with Crippen molar-refractivity contribution in [3.05, 3.63) is 41.6 Å². The number of carbonyl (C=O) groups excluding carboxylic acids is 1. The van der Waals surface area contributed by atoms with Crippen molar-refractivity contribution in [1.29, 1.82) is 0 Å². The summed E-state index contributed by atoms with van der Waals surface area (Å²) in [4.78, 5) is 33.9. The van der Waals surface area contributed by atoms with Crippen LogP contribution in [0.5, 0.6) is 0 Å². The zero-order valence-corrected chi connectivity index (χ0v) is 20.1. The van der Waals surface area contributed by atoms with Crippen molar-refractivity contribution in [2.45, 2.75) is 31.6 Å². The molecule has 11 heteroatoms. The molecule has 0 saturated carbocycles. The fourth-order valence-corrected chi connectivity index (χ4v) is 4.37. The van der Waals surface area contributed by atoms with Gasteiger partial charge in [0.05, 0.1) is 17.3 Å². The Hall–Kier alpha value is -3.34. The molecule has 186 valence electrons. The number of aryl methyl sites for hydroxylation is 1. The second-order valence-corrected chi connectivity index (χ2v) is 9.07. The molecule has 4 rings (SSSR count). The van der Waals surface area contributed by atoms with E-state index in [9.17, 15) is 18.0 Å². The van der Waals surface area contributed by atoms with Crippen LogP contribution in [0.2, 0.25) is 0 Å². The largest absolute Gasteiger partial charge is 0.433 e. The zero-order valence-electron chi connectivity index (χ0n) is 20.1. The molecule has 3 aliphatic rings. The molecule has 0 radical (unpaired) electrons. The van der Waals surface area contributed by atoms with Crippen LogP contribution in [0, 0.1) is 12.8 Å². The Morgan fingerprint density at radius 1 is 1.20 bits per heavy atom. The van der Waals surface area contributed by atoms with Gasteiger partial charge in [0.25, 0.3) is 0 Å². The predicted octanol–water partition coefficient (Wildman–Crippen LogP) is 3.42. The minimum absolute atomic E-state index is 0.107. The van der Waals surface area contributed by atoms with Gasteiger partial charge in [0.15, 0.2) is 11.4 Å². The highest BCUT2D eigenvalue weighted by atomic mass is 19.4. The Morgan fingerprint density at radius 3 is 2.66 bits per heavy atom. The number of ketones is 1. The van der Waals surface area contributed by atoms with Gasteiger partial charge in [0.2, 0.25) is 0 Å². The van der Waals surface area contributed by atoms with Crippen molar-refractivity contribution in [2.75, 3.05) is 44.4 Å². The smallest absolute Gasteiger partial charge is 0.358 e. The molecule has 1 aromatic rings. The number of hydrogen-bond acceptors (Lipinski definition) is 8. The number of anilines is 2. The molecular weight excluding hydrogens is 459 g/mol. The zero-order chi connectivity index (χ0) is 25.4. The highest BCUT2D eigenvalue weighted by Crippen LogP contribution is 2.45. The molecular formula is C24H28F3N7O. The summed E-state index contributed by atoms with van der Waals surface area (Å²) >= 11 is 0. The van der Waals surface area contributed by atoms with Crippen LogP contribution in [0.1, 0.15) is 18.5 Å².